The van der Waals surface area contributed by atoms with E-state index in [-0.39, 0.29) is 10.6 Å². The Morgan fingerprint density at radius 3 is 2.03 bits per heavy atom. The molecule has 0 fully saturated rings. The minimum Gasteiger partial charge on any atom is -0.481 e. The Labute approximate surface area is 207 Å². The van der Waals surface area contributed by atoms with Crippen LogP contribution < -0.4 is 4.74 Å². The van der Waals surface area contributed by atoms with Crippen molar-refractivity contribution in [2.75, 3.05) is 0 Å². The fourth-order valence-electron chi connectivity index (χ4n) is 3.15. The van der Waals surface area contributed by atoms with Gasteiger partial charge in [0.05, 0.1) is 17.0 Å². The number of hydrogen-bond acceptors (Lipinski definition) is 5. The molecule has 0 heterocycles. The van der Waals surface area contributed by atoms with Crippen LogP contribution in [0.15, 0.2) is 30.3 Å². The summed E-state index contributed by atoms with van der Waals surface area (Å²) >= 11 is 6.05. The number of ether oxygens (including phenoxy) is 1. The zero-order chi connectivity index (χ0) is 26.6. The lowest BCUT2D eigenvalue weighted by Crippen LogP contribution is -2.43. The van der Waals surface area contributed by atoms with Gasteiger partial charge in [-0.1, -0.05) is 54.3 Å². The smallest absolute Gasteiger partial charge is 0.328 e. The standard InChI is InChI=1S/C23H18F5NO4S2/c1-22(29-3,10-9-13(30)31)11-23(2,35-20(34)12-7-5-4-6-8-12)21(32)33-19-17(27)15(25)14(24)16(26)18(19)28/h4-8H,9-11H2,1-2H3,(H,30,31). The van der Waals surface area contributed by atoms with Gasteiger partial charge in [-0.3, -0.25) is 9.59 Å². The van der Waals surface area contributed by atoms with Crippen molar-refractivity contribution in [3.63, 3.8) is 0 Å². The summed E-state index contributed by atoms with van der Waals surface area (Å²) in [6, 6.07) is 8.24. The molecule has 186 valence electrons. The molecule has 35 heavy (non-hydrogen) atoms. The molecule has 0 bridgehead atoms. The molecule has 12 heteroatoms. The molecule has 0 aliphatic heterocycles. The molecule has 0 saturated heterocycles. The van der Waals surface area contributed by atoms with Gasteiger partial charge < -0.3 is 14.7 Å². The normalized spacial score (nSPS) is 14.3. The van der Waals surface area contributed by atoms with Crippen LogP contribution in [0.2, 0.25) is 0 Å². The second kappa shape index (κ2) is 11.1. The predicted octanol–water partition coefficient (Wildman–Crippen LogP) is 6.09. The Hall–Kier alpha value is -3.04. The maximum Gasteiger partial charge on any atom is 0.328 e. The molecule has 0 radical (unpaired) electrons. The molecular formula is C23H18F5NO4S2. The third-order valence-electron chi connectivity index (χ3n) is 4.99. The number of thioether (sulfide) groups is 1. The summed E-state index contributed by atoms with van der Waals surface area (Å²) in [6.07, 6.45) is -1.03. The number of halogens is 5. The average Bonchev–Trinajstić information content (AvgIpc) is 2.83. The third-order valence-corrected chi connectivity index (χ3v) is 6.66. The Bertz CT molecular complexity index is 1180. The van der Waals surface area contributed by atoms with Gasteiger partial charge in [-0.25, -0.2) is 19.7 Å². The van der Waals surface area contributed by atoms with Gasteiger partial charge in [0.1, 0.15) is 4.75 Å². The van der Waals surface area contributed by atoms with Gasteiger partial charge in [0.2, 0.25) is 40.4 Å². The SMILES string of the molecule is [C-]#[N+]C(C)(CCC(=O)O)CC(C)(SC(=S)c1ccccc1)C(=O)Oc1c(F)c(F)c(F)c(F)c1F. The third kappa shape index (κ3) is 6.55. The van der Waals surface area contributed by atoms with Gasteiger partial charge in [-0.2, -0.15) is 8.78 Å². The highest BCUT2D eigenvalue weighted by atomic mass is 32.2. The van der Waals surface area contributed by atoms with Crippen LogP contribution in [0, 0.1) is 35.7 Å². The summed E-state index contributed by atoms with van der Waals surface area (Å²) < 4.78 is 71.8. The number of thiocarbonyl (C=S) groups is 1. The molecule has 0 amide bonds. The van der Waals surface area contributed by atoms with Crippen LogP contribution in [-0.2, 0) is 9.59 Å². The van der Waals surface area contributed by atoms with E-state index in [1.165, 1.54) is 13.8 Å². The van der Waals surface area contributed by atoms with Crippen molar-refractivity contribution in [2.24, 2.45) is 0 Å². The molecule has 5 nitrogen and oxygen atoms in total. The van der Waals surface area contributed by atoms with E-state index in [1.807, 2.05) is 0 Å². The van der Waals surface area contributed by atoms with Crippen LogP contribution in [0.25, 0.3) is 4.85 Å². The first-order valence-electron chi connectivity index (χ1n) is 9.87. The summed E-state index contributed by atoms with van der Waals surface area (Å²) in [4.78, 5) is 27.6. The maximum absolute atomic E-state index is 14.1. The van der Waals surface area contributed by atoms with Gasteiger partial charge in [-0.05, 0) is 12.5 Å². The lowest BCUT2D eigenvalue weighted by molar-refractivity contribution is -0.137. The fourth-order valence-corrected chi connectivity index (χ4v) is 5.01. The molecule has 0 spiro atoms. The maximum atomic E-state index is 14.1. The molecule has 0 aliphatic rings. The van der Waals surface area contributed by atoms with Gasteiger partial charge in [0.15, 0.2) is 0 Å². The molecule has 0 saturated carbocycles. The number of carboxylic acids is 1. The van der Waals surface area contributed by atoms with E-state index in [0.717, 1.165) is 0 Å². The molecule has 2 aromatic carbocycles. The van der Waals surface area contributed by atoms with E-state index in [9.17, 15) is 31.5 Å². The minimum atomic E-state index is -2.42. The highest BCUT2D eigenvalue weighted by Gasteiger charge is 2.48. The summed E-state index contributed by atoms with van der Waals surface area (Å²) in [7, 11) is 0. The Balaban J connectivity index is 2.51. The van der Waals surface area contributed by atoms with Crippen LogP contribution in [0.5, 0.6) is 5.75 Å². The first-order chi connectivity index (χ1) is 16.2. The molecule has 1 N–H and O–H groups in total. The summed E-state index contributed by atoms with van der Waals surface area (Å²) in [5.41, 5.74) is -0.986. The lowest BCUT2D eigenvalue weighted by Gasteiger charge is -2.31. The van der Waals surface area contributed by atoms with Gasteiger partial charge >= 0.3 is 11.9 Å². The Kier molecular flexibility index (Phi) is 8.97. The summed E-state index contributed by atoms with van der Waals surface area (Å²) in [6.45, 7) is 10.1. The van der Waals surface area contributed by atoms with Crippen LogP contribution in [0.1, 0.15) is 38.7 Å². The summed E-state index contributed by atoms with van der Waals surface area (Å²) in [5, 5.41) is 9.00. The second-order valence-electron chi connectivity index (χ2n) is 7.95. The van der Waals surface area contributed by atoms with Crippen molar-refractivity contribution in [3.8, 4) is 5.75 Å². The largest absolute Gasteiger partial charge is 0.481 e. The van der Waals surface area contributed by atoms with Crippen molar-refractivity contribution in [2.45, 2.75) is 43.4 Å². The van der Waals surface area contributed by atoms with Crippen molar-refractivity contribution >= 4 is 40.1 Å². The number of carbonyl (C=O) groups excluding carboxylic acids is 1. The Morgan fingerprint density at radius 1 is 1.03 bits per heavy atom. The molecular weight excluding hydrogens is 513 g/mol. The van der Waals surface area contributed by atoms with Crippen molar-refractivity contribution in [3.05, 3.63) is 76.4 Å². The van der Waals surface area contributed by atoms with Crippen LogP contribution in [0.4, 0.5) is 22.0 Å². The number of hydrogen-bond donors (Lipinski definition) is 1. The van der Waals surface area contributed by atoms with E-state index >= 15 is 0 Å². The number of nitrogens with zero attached hydrogens (tertiary/aromatic N) is 1. The molecule has 2 rings (SSSR count). The van der Waals surface area contributed by atoms with E-state index in [1.54, 1.807) is 30.3 Å². The minimum absolute atomic E-state index is 0.119. The number of esters is 1. The van der Waals surface area contributed by atoms with Gasteiger partial charge in [-0.15, -0.1) is 0 Å². The van der Waals surface area contributed by atoms with Gasteiger partial charge in [0, 0.05) is 13.3 Å². The summed E-state index contributed by atoms with van der Waals surface area (Å²) in [5.74, 6) is -16.1. The van der Waals surface area contributed by atoms with E-state index in [2.05, 4.69) is 9.58 Å². The topological polar surface area (TPSA) is 68.0 Å². The fraction of sp³-hybridized carbons (Fsp3) is 0.304. The molecule has 0 aliphatic carbocycles. The number of benzene rings is 2. The highest BCUT2D eigenvalue weighted by molar-refractivity contribution is 8.25. The average molecular weight is 532 g/mol. The lowest BCUT2D eigenvalue weighted by atomic mass is 9.86. The Morgan fingerprint density at radius 2 is 1.54 bits per heavy atom. The number of carbonyl (C=O) groups is 2. The van der Waals surface area contributed by atoms with Gasteiger partial charge in [0.25, 0.3) is 0 Å². The zero-order valence-corrected chi connectivity index (χ0v) is 20.0. The zero-order valence-electron chi connectivity index (χ0n) is 18.3. The second-order valence-corrected chi connectivity index (χ2v) is 10.1. The van der Waals surface area contributed by atoms with E-state index < -0.39 is 69.9 Å². The molecule has 0 aromatic heterocycles. The van der Waals surface area contributed by atoms with E-state index in [4.69, 9.17) is 23.9 Å². The van der Waals surface area contributed by atoms with Crippen molar-refractivity contribution in [1.29, 1.82) is 0 Å². The molecule has 2 atom stereocenters. The van der Waals surface area contributed by atoms with Crippen molar-refractivity contribution < 1.29 is 41.4 Å². The van der Waals surface area contributed by atoms with Crippen LogP contribution in [0.3, 0.4) is 0 Å². The number of rotatable bonds is 9. The first kappa shape index (κ1) is 28.2. The monoisotopic (exact) mass is 531 g/mol. The molecule has 2 aromatic rings. The number of aliphatic carboxylic acids is 1. The highest BCUT2D eigenvalue weighted by Crippen LogP contribution is 2.41. The van der Waals surface area contributed by atoms with Crippen LogP contribution in [-0.4, -0.2) is 31.5 Å². The van der Waals surface area contributed by atoms with Crippen LogP contribution >= 0.6 is 24.0 Å². The van der Waals surface area contributed by atoms with Crippen molar-refractivity contribution in [1.82, 2.24) is 0 Å². The molecule has 2 unspecified atom stereocenters. The number of carboxylic acid groups (broad SMARTS) is 1. The first-order valence-corrected chi connectivity index (χ1v) is 11.1. The van der Waals surface area contributed by atoms with E-state index in [0.29, 0.717) is 17.3 Å². The quantitative estimate of drug-likeness (QED) is 0.0804. The predicted molar refractivity (Wildman–Crippen MR) is 122 cm³/mol.